The quantitative estimate of drug-likeness (QED) is 0.630. The molecule has 0 amide bonds. The number of rotatable bonds is 6. The van der Waals surface area contributed by atoms with Crippen molar-refractivity contribution in [3.63, 3.8) is 0 Å². The zero-order valence-electron chi connectivity index (χ0n) is 11.2. The first kappa shape index (κ1) is 15.1. The summed E-state index contributed by atoms with van der Waals surface area (Å²) in [6, 6.07) is 10.4. The second kappa shape index (κ2) is 6.90. The summed E-state index contributed by atoms with van der Waals surface area (Å²) < 4.78 is 0. The Bertz CT molecular complexity index is 649. The highest BCUT2D eigenvalue weighted by Gasteiger charge is 2.15. The Hall–Kier alpha value is -2.34. The van der Waals surface area contributed by atoms with Gasteiger partial charge in [0, 0.05) is 24.2 Å². The summed E-state index contributed by atoms with van der Waals surface area (Å²) in [5.74, 6) is 0.739. The van der Waals surface area contributed by atoms with Crippen LogP contribution in [-0.2, 0) is 6.54 Å². The number of hydrogen-bond acceptors (Lipinski definition) is 5. The molecule has 1 aromatic heterocycles. The van der Waals surface area contributed by atoms with Crippen LogP contribution < -0.4 is 10.6 Å². The standard InChI is InChI=1S/C14H14ClN4O2/c1-2-16-14-12(19(20)21)6-7-13(18-14)17-9-10-4-3-5-11(15)8-10/h3-8H,1-2,9H2,(H2,16,17,18). The van der Waals surface area contributed by atoms with E-state index < -0.39 is 4.92 Å². The lowest BCUT2D eigenvalue weighted by atomic mass is 10.2. The average molecular weight is 306 g/mol. The minimum Gasteiger partial charge on any atom is -0.366 e. The molecule has 1 radical (unpaired) electrons. The number of halogens is 1. The van der Waals surface area contributed by atoms with Gasteiger partial charge in [0.25, 0.3) is 0 Å². The molecule has 2 N–H and O–H groups in total. The van der Waals surface area contributed by atoms with Gasteiger partial charge in [-0.3, -0.25) is 10.1 Å². The molecule has 1 aromatic carbocycles. The van der Waals surface area contributed by atoms with E-state index in [9.17, 15) is 10.1 Å². The Morgan fingerprint density at radius 3 is 2.76 bits per heavy atom. The molecule has 7 heteroatoms. The SMILES string of the molecule is [CH2]CNc1nc(NCc2cccc(Cl)c2)ccc1[N+](=O)[O-]. The van der Waals surface area contributed by atoms with Gasteiger partial charge in [-0.2, -0.15) is 0 Å². The lowest BCUT2D eigenvalue weighted by molar-refractivity contribution is -0.384. The van der Waals surface area contributed by atoms with Gasteiger partial charge in [0.15, 0.2) is 0 Å². The summed E-state index contributed by atoms with van der Waals surface area (Å²) in [7, 11) is 0. The number of nitrogens with one attached hydrogen (secondary N) is 2. The lowest BCUT2D eigenvalue weighted by Crippen LogP contribution is -2.07. The van der Waals surface area contributed by atoms with Crippen molar-refractivity contribution in [1.29, 1.82) is 0 Å². The minimum absolute atomic E-state index is 0.0769. The van der Waals surface area contributed by atoms with Crippen LogP contribution in [-0.4, -0.2) is 16.5 Å². The molecule has 1 heterocycles. The van der Waals surface area contributed by atoms with Crippen molar-refractivity contribution in [1.82, 2.24) is 4.98 Å². The molecule has 0 spiro atoms. The highest BCUT2D eigenvalue weighted by atomic mass is 35.5. The zero-order chi connectivity index (χ0) is 15.2. The van der Waals surface area contributed by atoms with Gasteiger partial charge in [-0.05, 0) is 30.7 Å². The number of pyridine rings is 1. The first-order valence-corrected chi connectivity index (χ1v) is 6.65. The molecule has 0 saturated carbocycles. The molecule has 0 fully saturated rings. The molecular weight excluding hydrogens is 292 g/mol. The van der Waals surface area contributed by atoms with Gasteiger partial charge >= 0.3 is 5.69 Å². The summed E-state index contributed by atoms with van der Waals surface area (Å²) in [5, 5.41) is 17.4. The van der Waals surface area contributed by atoms with Gasteiger partial charge < -0.3 is 10.6 Å². The Balaban J connectivity index is 2.13. The van der Waals surface area contributed by atoms with E-state index in [1.54, 1.807) is 12.1 Å². The van der Waals surface area contributed by atoms with Crippen molar-refractivity contribution in [3.8, 4) is 0 Å². The summed E-state index contributed by atoms with van der Waals surface area (Å²) in [6.45, 7) is 4.44. The normalized spacial score (nSPS) is 10.2. The molecule has 0 bridgehead atoms. The number of nitro groups is 1. The molecule has 0 saturated heterocycles. The Morgan fingerprint density at radius 1 is 1.29 bits per heavy atom. The van der Waals surface area contributed by atoms with Gasteiger partial charge in [0.1, 0.15) is 5.82 Å². The third kappa shape index (κ3) is 4.06. The fraction of sp³-hybridized carbons (Fsp3) is 0.143. The maximum Gasteiger partial charge on any atom is 0.311 e. The summed E-state index contributed by atoms with van der Waals surface area (Å²) in [4.78, 5) is 14.6. The lowest BCUT2D eigenvalue weighted by Gasteiger charge is -2.09. The van der Waals surface area contributed by atoms with Crippen molar-refractivity contribution in [3.05, 3.63) is 64.0 Å². The topological polar surface area (TPSA) is 80.1 Å². The maximum atomic E-state index is 10.9. The average Bonchev–Trinajstić information content (AvgIpc) is 2.45. The monoisotopic (exact) mass is 305 g/mol. The molecule has 109 valence electrons. The van der Waals surface area contributed by atoms with E-state index in [1.165, 1.54) is 6.07 Å². The van der Waals surface area contributed by atoms with Gasteiger partial charge in [-0.1, -0.05) is 23.7 Å². The number of hydrogen-bond donors (Lipinski definition) is 2. The van der Waals surface area contributed by atoms with Gasteiger partial charge in [-0.25, -0.2) is 4.98 Å². The molecule has 2 aromatic rings. The number of nitrogens with zero attached hydrogens (tertiary/aromatic N) is 2. The second-order valence-corrected chi connectivity index (χ2v) is 4.67. The second-order valence-electron chi connectivity index (χ2n) is 4.23. The predicted molar refractivity (Wildman–Crippen MR) is 83.5 cm³/mol. The maximum absolute atomic E-state index is 10.9. The molecule has 2 rings (SSSR count). The van der Waals surface area contributed by atoms with E-state index in [4.69, 9.17) is 11.6 Å². The van der Waals surface area contributed by atoms with Crippen molar-refractivity contribution in [2.75, 3.05) is 17.2 Å². The van der Waals surface area contributed by atoms with Crippen LogP contribution in [0.4, 0.5) is 17.3 Å². The number of benzene rings is 1. The smallest absolute Gasteiger partial charge is 0.311 e. The highest BCUT2D eigenvalue weighted by molar-refractivity contribution is 6.30. The highest BCUT2D eigenvalue weighted by Crippen LogP contribution is 2.24. The van der Waals surface area contributed by atoms with Crippen LogP contribution >= 0.6 is 11.6 Å². The van der Waals surface area contributed by atoms with Crippen LogP contribution in [0, 0.1) is 17.0 Å². The predicted octanol–water partition coefficient (Wildman–Crippen LogP) is 3.50. The van der Waals surface area contributed by atoms with E-state index in [1.807, 2.05) is 18.2 Å². The Labute approximate surface area is 127 Å². The fourth-order valence-electron chi connectivity index (χ4n) is 1.79. The summed E-state index contributed by atoms with van der Waals surface area (Å²) >= 11 is 5.91. The minimum atomic E-state index is -0.480. The van der Waals surface area contributed by atoms with Crippen LogP contribution in [0.5, 0.6) is 0 Å². The Morgan fingerprint density at radius 2 is 2.10 bits per heavy atom. The zero-order valence-corrected chi connectivity index (χ0v) is 11.9. The van der Waals surface area contributed by atoms with Crippen LogP contribution in [0.3, 0.4) is 0 Å². The molecule has 0 aliphatic heterocycles. The largest absolute Gasteiger partial charge is 0.366 e. The molecule has 6 nitrogen and oxygen atoms in total. The number of aromatic nitrogens is 1. The molecule has 0 atom stereocenters. The van der Waals surface area contributed by atoms with Crippen LogP contribution in [0.25, 0.3) is 0 Å². The molecule has 0 aliphatic carbocycles. The summed E-state index contributed by atoms with van der Waals surface area (Å²) in [5.41, 5.74) is 0.918. The van der Waals surface area contributed by atoms with Gasteiger partial charge in [-0.15, -0.1) is 0 Å². The van der Waals surface area contributed by atoms with E-state index in [2.05, 4.69) is 22.5 Å². The van der Waals surface area contributed by atoms with E-state index in [0.29, 0.717) is 23.9 Å². The number of anilines is 2. The molecule has 0 unspecified atom stereocenters. The van der Waals surface area contributed by atoms with Gasteiger partial charge in [0.05, 0.1) is 4.92 Å². The molecule has 0 aliphatic rings. The van der Waals surface area contributed by atoms with E-state index in [0.717, 1.165) is 5.56 Å². The third-order valence-corrected chi connectivity index (χ3v) is 2.96. The van der Waals surface area contributed by atoms with Crippen molar-refractivity contribution in [2.45, 2.75) is 6.54 Å². The molecular formula is C14H14ClN4O2. The van der Waals surface area contributed by atoms with Gasteiger partial charge in [0.2, 0.25) is 5.82 Å². The van der Waals surface area contributed by atoms with Crippen molar-refractivity contribution in [2.24, 2.45) is 0 Å². The molecule has 21 heavy (non-hydrogen) atoms. The van der Waals surface area contributed by atoms with Crippen LogP contribution in [0.15, 0.2) is 36.4 Å². The first-order chi connectivity index (χ1) is 10.1. The van der Waals surface area contributed by atoms with Crippen LogP contribution in [0.1, 0.15) is 5.56 Å². The summed E-state index contributed by atoms with van der Waals surface area (Å²) in [6.07, 6.45) is 0. The van der Waals surface area contributed by atoms with E-state index >= 15 is 0 Å². The van der Waals surface area contributed by atoms with E-state index in [-0.39, 0.29) is 11.5 Å². The third-order valence-electron chi connectivity index (χ3n) is 2.73. The van der Waals surface area contributed by atoms with Crippen LogP contribution in [0.2, 0.25) is 5.02 Å². The first-order valence-electron chi connectivity index (χ1n) is 6.27. The van der Waals surface area contributed by atoms with Crippen molar-refractivity contribution < 1.29 is 4.92 Å². The Kier molecular flexibility index (Phi) is 4.94. The fourth-order valence-corrected chi connectivity index (χ4v) is 2.00. The van der Waals surface area contributed by atoms with Crippen molar-refractivity contribution >= 4 is 28.9 Å².